The lowest BCUT2D eigenvalue weighted by Crippen LogP contribution is -2.09. The van der Waals surface area contributed by atoms with Gasteiger partial charge < -0.3 is 9.84 Å². The van der Waals surface area contributed by atoms with Crippen LogP contribution in [0.3, 0.4) is 0 Å². The van der Waals surface area contributed by atoms with Crippen molar-refractivity contribution in [3.8, 4) is 5.75 Å². The van der Waals surface area contributed by atoms with Gasteiger partial charge in [0.25, 0.3) is 0 Å². The maximum Gasteiger partial charge on any atom is 0.441 e. The number of rotatable bonds is 5. The van der Waals surface area contributed by atoms with Gasteiger partial charge in [-0.3, -0.25) is 0 Å². The molecule has 0 saturated carbocycles. The predicted molar refractivity (Wildman–Crippen MR) is 78.6 cm³/mol. The molecule has 1 N–H and O–H groups in total. The Balaban J connectivity index is 2.21. The summed E-state index contributed by atoms with van der Waals surface area (Å²) in [5, 5.41) is 11.5. The van der Waals surface area contributed by atoms with Crippen molar-refractivity contribution in [3.63, 3.8) is 0 Å². The van der Waals surface area contributed by atoms with E-state index < -0.39 is 11.6 Å². The van der Waals surface area contributed by atoms with Crippen LogP contribution in [0.15, 0.2) is 36.4 Å². The third kappa shape index (κ3) is 4.28. The summed E-state index contributed by atoms with van der Waals surface area (Å²) in [6.45, 7) is 1.53. The summed E-state index contributed by atoms with van der Waals surface area (Å²) in [4.78, 5) is 0. The molecule has 0 aliphatic heterocycles. The van der Waals surface area contributed by atoms with E-state index in [9.17, 15) is 18.3 Å². The Kier molecular flexibility index (Phi) is 5.00. The van der Waals surface area contributed by atoms with E-state index in [-0.39, 0.29) is 24.1 Å². The van der Waals surface area contributed by atoms with E-state index in [2.05, 4.69) is 0 Å². The van der Waals surface area contributed by atoms with Crippen LogP contribution in [0.1, 0.15) is 18.6 Å². The lowest BCUT2D eigenvalue weighted by Gasteiger charge is -2.16. The van der Waals surface area contributed by atoms with Gasteiger partial charge in [0, 0.05) is 16.7 Å². The van der Waals surface area contributed by atoms with Crippen LogP contribution in [0, 0.1) is 0 Å². The number of aliphatic hydroxyl groups is 1. The van der Waals surface area contributed by atoms with Crippen molar-refractivity contribution in [1.82, 2.24) is 0 Å². The van der Waals surface area contributed by atoms with Gasteiger partial charge in [-0.15, -0.1) is 0 Å². The molecule has 0 spiro atoms. The summed E-state index contributed by atoms with van der Waals surface area (Å²) in [6.07, 6.45) is -0.750. The molecule has 0 aliphatic carbocycles. The number of hydrogen-bond donors (Lipinski definition) is 1. The molecule has 0 bridgehead atoms. The molecule has 0 fully saturated rings. The van der Waals surface area contributed by atoms with Crippen molar-refractivity contribution in [2.75, 3.05) is 12.4 Å². The van der Waals surface area contributed by atoms with Crippen molar-refractivity contribution in [3.05, 3.63) is 42.0 Å². The summed E-state index contributed by atoms with van der Waals surface area (Å²) in [6, 6.07) is 11.0. The third-order valence-corrected chi connectivity index (χ3v) is 3.65. The first kappa shape index (κ1) is 16.0. The summed E-state index contributed by atoms with van der Waals surface area (Å²) in [5.41, 5.74) is -3.68. The number of thioether (sulfide) groups is 1. The molecule has 21 heavy (non-hydrogen) atoms. The lowest BCUT2D eigenvalue weighted by atomic mass is 10.0. The van der Waals surface area contributed by atoms with Gasteiger partial charge in [-0.05, 0) is 24.1 Å². The molecular weight excluding hydrogens is 301 g/mol. The number of aliphatic hydroxyl groups excluding tert-OH is 1. The van der Waals surface area contributed by atoms with Crippen molar-refractivity contribution in [1.29, 1.82) is 0 Å². The fraction of sp³-hybridized carbons (Fsp3) is 0.333. The SMILES string of the molecule is CC(O)c1ccc2ccccc2c1OCCSC(F)(F)F. The quantitative estimate of drug-likeness (QED) is 0.822. The smallest absolute Gasteiger partial charge is 0.441 e. The van der Waals surface area contributed by atoms with Gasteiger partial charge in [0.1, 0.15) is 5.75 Å². The monoisotopic (exact) mass is 316 g/mol. The molecule has 1 atom stereocenters. The molecule has 2 aromatic carbocycles. The second-order valence-corrected chi connectivity index (χ2v) is 5.68. The Morgan fingerprint density at radius 1 is 1.19 bits per heavy atom. The van der Waals surface area contributed by atoms with E-state index >= 15 is 0 Å². The summed E-state index contributed by atoms with van der Waals surface area (Å²) < 4.78 is 41.9. The van der Waals surface area contributed by atoms with Crippen LogP contribution < -0.4 is 4.74 Å². The first-order valence-corrected chi connectivity index (χ1v) is 7.40. The van der Waals surface area contributed by atoms with Gasteiger partial charge in [-0.25, -0.2) is 0 Å². The number of ether oxygens (including phenoxy) is 1. The molecular formula is C15H15F3O2S. The minimum absolute atomic E-state index is 0.0715. The van der Waals surface area contributed by atoms with E-state index in [4.69, 9.17) is 4.74 Å². The molecule has 6 heteroatoms. The normalized spacial score (nSPS) is 13.4. The number of fused-ring (bicyclic) bond motifs is 1. The van der Waals surface area contributed by atoms with Gasteiger partial charge in [-0.2, -0.15) is 13.2 Å². The molecule has 0 aromatic heterocycles. The first-order valence-electron chi connectivity index (χ1n) is 6.41. The van der Waals surface area contributed by atoms with E-state index in [0.717, 1.165) is 10.8 Å². The first-order chi connectivity index (χ1) is 9.88. The fourth-order valence-corrected chi connectivity index (χ4v) is 2.45. The molecule has 0 amide bonds. The highest BCUT2D eigenvalue weighted by atomic mass is 32.2. The van der Waals surface area contributed by atoms with E-state index in [0.29, 0.717) is 11.3 Å². The lowest BCUT2D eigenvalue weighted by molar-refractivity contribution is -0.0329. The summed E-state index contributed by atoms with van der Waals surface area (Å²) >= 11 is -0.115. The molecule has 1 unspecified atom stereocenters. The average Bonchev–Trinajstić information content (AvgIpc) is 2.42. The second kappa shape index (κ2) is 6.58. The Bertz CT molecular complexity index is 611. The van der Waals surface area contributed by atoms with Crippen LogP contribution in [0.25, 0.3) is 10.8 Å². The predicted octanol–water partition coefficient (Wildman–Crippen LogP) is 4.52. The topological polar surface area (TPSA) is 29.5 Å². The highest BCUT2D eigenvalue weighted by Gasteiger charge is 2.27. The van der Waals surface area contributed by atoms with E-state index in [1.54, 1.807) is 13.0 Å². The van der Waals surface area contributed by atoms with Crippen LogP contribution in [0.4, 0.5) is 13.2 Å². The zero-order valence-electron chi connectivity index (χ0n) is 11.4. The van der Waals surface area contributed by atoms with E-state index in [1.807, 2.05) is 30.3 Å². The maximum absolute atomic E-state index is 12.1. The highest BCUT2D eigenvalue weighted by molar-refractivity contribution is 8.00. The Labute approximate surface area is 124 Å². The van der Waals surface area contributed by atoms with Crippen molar-refractivity contribution < 1.29 is 23.0 Å². The van der Waals surface area contributed by atoms with E-state index in [1.165, 1.54) is 0 Å². The Hall–Kier alpha value is -1.40. The van der Waals surface area contributed by atoms with Gasteiger partial charge in [0.15, 0.2) is 0 Å². The van der Waals surface area contributed by atoms with Crippen LogP contribution in [-0.2, 0) is 0 Å². The van der Waals surface area contributed by atoms with Gasteiger partial charge in [0.05, 0.1) is 12.7 Å². The summed E-state index contributed by atoms with van der Waals surface area (Å²) in [5.74, 6) is 0.261. The highest BCUT2D eigenvalue weighted by Crippen LogP contribution is 2.34. The number of hydrogen-bond acceptors (Lipinski definition) is 3. The molecule has 0 heterocycles. The van der Waals surface area contributed by atoms with Crippen molar-refractivity contribution in [2.45, 2.75) is 18.5 Å². The molecule has 114 valence electrons. The van der Waals surface area contributed by atoms with Crippen LogP contribution in [0.2, 0.25) is 0 Å². The third-order valence-electron chi connectivity index (χ3n) is 2.96. The Morgan fingerprint density at radius 2 is 1.90 bits per heavy atom. The fourth-order valence-electron chi connectivity index (χ4n) is 2.05. The summed E-state index contributed by atoms with van der Waals surface area (Å²) in [7, 11) is 0. The maximum atomic E-state index is 12.1. The van der Waals surface area contributed by atoms with Crippen LogP contribution >= 0.6 is 11.8 Å². The number of halogens is 3. The average molecular weight is 316 g/mol. The Morgan fingerprint density at radius 3 is 2.57 bits per heavy atom. The van der Waals surface area contributed by atoms with Crippen molar-refractivity contribution in [2.24, 2.45) is 0 Å². The standard InChI is InChI=1S/C15H15F3O2S/c1-10(19)12-7-6-11-4-2-3-5-13(11)14(12)20-8-9-21-15(16,17)18/h2-7,10,19H,8-9H2,1H3. The zero-order chi connectivity index (χ0) is 15.5. The molecule has 0 aliphatic rings. The van der Waals surface area contributed by atoms with Crippen LogP contribution in [-0.4, -0.2) is 23.0 Å². The van der Waals surface area contributed by atoms with Crippen LogP contribution in [0.5, 0.6) is 5.75 Å². The molecule has 0 saturated heterocycles. The minimum Gasteiger partial charge on any atom is -0.492 e. The number of alkyl halides is 3. The second-order valence-electron chi connectivity index (χ2n) is 4.52. The minimum atomic E-state index is -4.25. The van der Waals surface area contributed by atoms with Gasteiger partial charge in [0.2, 0.25) is 0 Å². The zero-order valence-corrected chi connectivity index (χ0v) is 12.2. The molecule has 2 nitrogen and oxygen atoms in total. The molecule has 0 radical (unpaired) electrons. The number of benzene rings is 2. The largest absolute Gasteiger partial charge is 0.492 e. The van der Waals surface area contributed by atoms with Gasteiger partial charge in [-0.1, -0.05) is 36.4 Å². The van der Waals surface area contributed by atoms with Crippen molar-refractivity contribution >= 4 is 22.5 Å². The molecule has 2 aromatic rings. The molecule has 2 rings (SSSR count). The van der Waals surface area contributed by atoms with Gasteiger partial charge >= 0.3 is 5.51 Å².